The first-order valence-electron chi connectivity index (χ1n) is 6.18. The Kier molecular flexibility index (Phi) is 4.12. The molecule has 0 saturated carbocycles. The molecule has 0 atom stereocenters. The van der Waals surface area contributed by atoms with Gasteiger partial charge in [0.2, 0.25) is 0 Å². The van der Waals surface area contributed by atoms with Crippen LogP contribution in [0.15, 0.2) is 24.3 Å². The molecule has 0 bridgehead atoms. The van der Waals surface area contributed by atoms with Gasteiger partial charge in [-0.05, 0) is 31.7 Å². The maximum Gasteiger partial charge on any atom is 0.0860 e. The Bertz CT molecular complexity index is 577. The summed E-state index contributed by atoms with van der Waals surface area (Å²) in [5.41, 5.74) is 9.67. The van der Waals surface area contributed by atoms with Gasteiger partial charge in [0.1, 0.15) is 0 Å². The van der Waals surface area contributed by atoms with E-state index in [4.69, 9.17) is 17.3 Å². The number of rotatable bonds is 4. The summed E-state index contributed by atoms with van der Waals surface area (Å²) < 4.78 is 1.84. The van der Waals surface area contributed by atoms with Gasteiger partial charge in [-0.2, -0.15) is 5.10 Å². The number of aryl methyl sites for hydroxylation is 2. The predicted octanol–water partition coefficient (Wildman–Crippen LogP) is 2.60. The fourth-order valence-corrected chi connectivity index (χ4v) is 2.39. The van der Waals surface area contributed by atoms with Crippen LogP contribution in [0.3, 0.4) is 0 Å². The highest BCUT2D eigenvalue weighted by Crippen LogP contribution is 2.21. The number of benzene rings is 1. The molecule has 1 heterocycles. The van der Waals surface area contributed by atoms with Crippen LogP contribution in [0.1, 0.15) is 17.0 Å². The van der Waals surface area contributed by atoms with Crippen LogP contribution < -0.4 is 5.73 Å². The minimum Gasteiger partial charge on any atom is -0.399 e. The summed E-state index contributed by atoms with van der Waals surface area (Å²) in [5, 5.41) is 5.07. The summed E-state index contributed by atoms with van der Waals surface area (Å²) >= 11 is 6.26. The number of nitrogens with two attached hydrogens (primary N) is 1. The minimum absolute atomic E-state index is 0.752. The molecular weight excluding hydrogens is 260 g/mol. The van der Waals surface area contributed by atoms with Crippen molar-refractivity contribution < 1.29 is 0 Å². The van der Waals surface area contributed by atoms with Gasteiger partial charge in [-0.25, -0.2) is 0 Å². The van der Waals surface area contributed by atoms with Crippen molar-refractivity contribution in [2.24, 2.45) is 7.05 Å². The van der Waals surface area contributed by atoms with Gasteiger partial charge >= 0.3 is 0 Å². The van der Waals surface area contributed by atoms with Gasteiger partial charge in [0.15, 0.2) is 0 Å². The summed E-state index contributed by atoms with van der Waals surface area (Å²) in [7, 11) is 3.98. The van der Waals surface area contributed by atoms with E-state index in [0.717, 1.165) is 35.2 Å². The number of nitrogen functional groups attached to an aromatic ring is 1. The Balaban J connectivity index is 2.07. The van der Waals surface area contributed by atoms with Crippen molar-refractivity contribution >= 4 is 17.3 Å². The number of nitrogens with zero attached hydrogens (tertiary/aromatic N) is 3. The van der Waals surface area contributed by atoms with Crippen molar-refractivity contribution in [1.29, 1.82) is 0 Å². The fourth-order valence-electron chi connectivity index (χ4n) is 2.17. The van der Waals surface area contributed by atoms with Crippen LogP contribution in [0, 0.1) is 6.92 Å². The first kappa shape index (κ1) is 13.9. The highest BCUT2D eigenvalue weighted by Gasteiger charge is 2.13. The maximum absolute atomic E-state index is 6.26. The molecule has 2 N–H and O–H groups in total. The van der Waals surface area contributed by atoms with Crippen molar-refractivity contribution in [2.45, 2.75) is 20.0 Å². The summed E-state index contributed by atoms with van der Waals surface area (Å²) in [5.74, 6) is 0. The lowest BCUT2D eigenvalue weighted by Gasteiger charge is -2.17. The number of hydrogen-bond acceptors (Lipinski definition) is 3. The lowest BCUT2D eigenvalue weighted by Crippen LogP contribution is -2.19. The lowest BCUT2D eigenvalue weighted by molar-refractivity contribution is 0.309. The third kappa shape index (κ3) is 3.28. The molecule has 1 aromatic heterocycles. The average Bonchev–Trinajstić information content (AvgIpc) is 2.56. The second-order valence-corrected chi connectivity index (χ2v) is 5.26. The molecule has 0 amide bonds. The number of anilines is 1. The monoisotopic (exact) mass is 278 g/mol. The van der Waals surface area contributed by atoms with Crippen molar-refractivity contribution in [3.63, 3.8) is 0 Å². The zero-order chi connectivity index (χ0) is 14.0. The third-order valence-corrected chi connectivity index (χ3v) is 3.58. The van der Waals surface area contributed by atoms with Gasteiger partial charge in [-0.3, -0.25) is 9.58 Å². The zero-order valence-corrected chi connectivity index (χ0v) is 12.3. The van der Waals surface area contributed by atoms with Crippen molar-refractivity contribution in [1.82, 2.24) is 14.7 Å². The van der Waals surface area contributed by atoms with E-state index < -0.39 is 0 Å². The van der Waals surface area contributed by atoms with Crippen LogP contribution in [0.5, 0.6) is 0 Å². The predicted molar refractivity (Wildman–Crippen MR) is 79.0 cm³/mol. The van der Waals surface area contributed by atoms with E-state index in [1.165, 1.54) is 5.56 Å². The quantitative estimate of drug-likeness (QED) is 0.875. The highest BCUT2D eigenvalue weighted by atomic mass is 35.5. The zero-order valence-electron chi connectivity index (χ0n) is 11.5. The van der Waals surface area contributed by atoms with Gasteiger partial charge in [0, 0.05) is 25.8 Å². The molecule has 2 aromatic rings. The van der Waals surface area contributed by atoms with E-state index in [-0.39, 0.29) is 0 Å². The molecule has 4 nitrogen and oxygen atoms in total. The first-order valence-corrected chi connectivity index (χ1v) is 6.56. The smallest absolute Gasteiger partial charge is 0.0860 e. The molecule has 19 heavy (non-hydrogen) atoms. The second kappa shape index (κ2) is 5.63. The molecular formula is C14H19ClN4. The largest absolute Gasteiger partial charge is 0.399 e. The Morgan fingerprint density at radius 1 is 1.37 bits per heavy atom. The highest BCUT2D eigenvalue weighted by molar-refractivity contribution is 6.31. The van der Waals surface area contributed by atoms with Crippen molar-refractivity contribution in [3.05, 3.63) is 46.2 Å². The number of aromatic nitrogens is 2. The molecule has 5 heteroatoms. The van der Waals surface area contributed by atoms with Gasteiger partial charge in [0.05, 0.1) is 16.4 Å². The van der Waals surface area contributed by atoms with Gasteiger partial charge in [-0.15, -0.1) is 0 Å². The molecule has 0 spiro atoms. The van der Waals surface area contributed by atoms with Crippen molar-refractivity contribution in [3.8, 4) is 0 Å². The summed E-state index contributed by atoms with van der Waals surface area (Å²) in [4.78, 5) is 2.19. The van der Waals surface area contributed by atoms with Crippen LogP contribution >= 0.6 is 11.6 Å². The van der Waals surface area contributed by atoms with E-state index in [9.17, 15) is 0 Å². The van der Waals surface area contributed by atoms with Crippen LogP contribution in [-0.2, 0) is 20.1 Å². The normalized spacial score (nSPS) is 11.2. The van der Waals surface area contributed by atoms with Gasteiger partial charge in [0.25, 0.3) is 0 Å². The van der Waals surface area contributed by atoms with E-state index in [1.807, 2.05) is 36.9 Å². The maximum atomic E-state index is 6.26. The molecule has 0 unspecified atom stereocenters. The molecule has 0 aliphatic heterocycles. The minimum atomic E-state index is 0.752. The molecule has 0 aliphatic carbocycles. The Morgan fingerprint density at radius 2 is 2.11 bits per heavy atom. The second-order valence-electron chi connectivity index (χ2n) is 4.89. The molecule has 0 aliphatic rings. The van der Waals surface area contributed by atoms with Crippen LogP contribution in [-0.4, -0.2) is 21.7 Å². The molecule has 102 valence electrons. The first-order chi connectivity index (χ1) is 8.97. The Labute approximate surface area is 118 Å². The molecule has 0 fully saturated rings. The third-order valence-electron chi connectivity index (χ3n) is 3.08. The van der Waals surface area contributed by atoms with E-state index in [1.54, 1.807) is 0 Å². The van der Waals surface area contributed by atoms with E-state index >= 15 is 0 Å². The van der Waals surface area contributed by atoms with E-state index in [2.05, 4.69) is 23.1 Å². The molecule has 2 rings (SSSR count). The summed E-state index contributed by atoms with van der Waals surface area (Å²) in [6.45, 7) is 3.50. The Hall–Kier alpha value is -1.52. The standard InChI is InChI=1S/C14H19ClN4/c1-10-14(15)13(19(3)17-10)9-18(2)8-11-5-4-6-12(16)7-11/h4-7H,8-9,16H2,1-3H3. The Morgan fingerprint density at radius 3 is 2.68 bits per heavy atom. The van der Waals surface area contributed by atoms with Crippen LogP contribution in [0.4, 0.5) is 5.69 Å². The topological polar surface area (TPSA) is 47.1 Å². The van der Waals surface area contributed by atoms with Crippen molar-refractivity contribution in [2.75, 3.05) is 12.8 Å². The van der Waals surface area contributed by atoms with Gasteiger partial charge < -0.3 is 5.73 Å². The van der Waals surface area contributed by atoms with Crippen LogP contribution in [0.2, 0.25) is 5.02 Å². The molecule has 0 saturated heterocycles. The lowest BCUT2D eigenvalue weighted by atomic mass is 10.2. The van der Waals surface area contributed by atoms with Crippen LogP contribution in [0.25, 0.3) is 0 Å². The average molecular weight is 279 g/mol. The summed E-state index contributed by atoms with van der Waals surface area (Å²) in [6, 6.07) is 7.93. The summed E-state index contributed by atoms with van der Waals surface area (Å²) in [6.07, 6.45) is 0. The SMILES string of the molecule is Cc1nn(C)c(CN(C)Cc2cccc(N)c2)c1Cl. The number of halogens is 1. The number of hydrogen-bond donors (Lipinski definition) is 1. The van der Waals surface area contributed by atoms with Gasteiger partial charge in [-0.1, -0.05) is 23.7 Å². The fraction of sp³-hybridized carbons (Fsp3) is 0.357. The van der Waals surface area contributed by atoms with E-state index in [0.29, 0.717) is 0 Å². The molecule has 0 radical (unpaired) electrons. The molecule has 1 aromatic carbocycles.